The van der Waals surface area contributed by atoms with E-state index in [-0.39, 0.29) is 52.0 Å². The first-order valence-electron chi connectivity index (χ1n) is 14.2. The summed E-state index contributed by atoms with van der Waals surface area (Å²) < 4.78 is 33.0. The Balaban J connectivity index is 1.42. The number of rotatable bonds is 9. The van der Waals surface area contributed by atoms with Crippen LogP contribution in [0.5, 0.6) is 46.0 Å². The van der Waals surface area contributed by atoms with Crippen LogP contribution < -0.4 is 18.9 Å². The number of phenolic OH excluding ortho intramolecular Hbond substituents is 4. The largest absolute Gasteiger partial charge is 0.508 e. The van der Waals surface area contributed by atoms with Gasteiger partial charge < -0.3 is 64.2 Å². The third-order valence-electron chi connectivity index (χ3n) is 7.60. The zero-order chi connectivity index (χ0) is 34.0. The van der Waals surface area contributed by atoms with Crippen molar-refractivity contribution in [3.05, 3.63) is 65.2 Å². The Labute approximate surface area is 267 Å². The zero-order valence-electron chi connectivity index (χ0n) is 25.0. The van der Waals surface area contributed by atoms with Gasteiger partial charge in [-0.05, 0) is 42.0 Å². The summed E-state index contributed by atoms with van der Waals surface area (Å²) in [6.07, 6.45) is -7.25. The summed E-state index contributed by atoms with van der Waals surface area (Å²) in [6, 6.07) is 9.18. The average Bonchev–Trinajstić information content (AvgIpc) is 3.04. The van der Waals surface area contributed by atoms with Crippen molar-refractivity contribution in [3.8, 4) is 46.0 Å². The molecule has 5 rings (SSSR count). The first-order valence-corrected chi connectivity index (χ1v) is 14.2. The number of carbonyl (C=O) groups excluding carboxylic acids is 2. The minimum Gasteiger partial charge on any atom is -0.508 e. The highest BCUT2D eigenvalue weighted by Gasteiger charge is 2.48. The maximum absolute atomic E-state index is 13.1. The van der Waals surface area contributed by atoms with E-state index in [0.29, 0.717) is 5.56 Å². The summed E-state index contributed by atoms with van der Waals surface area (Å²) in [5.74, 6) is -3.42. The minimum absolute atomic E-state index is 0.0657. The van der Waals surface area contributed by atoms with Crippen molar-refractivity contribution in [2.24, 2.45) is 0 Å². The van der Waals surface area contributed by atoms with E-state index in [0.717, 1.165) is 12.1 Å². The molecule has 0 radical (unpaired) electrons. The van der Waals surface area contributed by atoms with Crippen LogP contribution in [-0.2, 0) is 14.3 Å². The summed E-state index contributed by atoms with van der Waals surface area (Å²) in [5, 5.41) is 72.0. The van der Waals surface area contributed by atoms with Crippen molar-refractivity contribution in [2.45, 2.75) is 43.2 Å². The molecule has 0 amide bonds. The fourth-order valence-electron chi connectivity index (χ4n) is 5.25. The minimum atomic E-state index is -1.79. The van der Waals surface area contributed by atoms with Crippen molar-refractivity contribution in [1.29, 1.82) is 0 Å². The van der Waals surface area contributed by atoms with Gasteiger partial charge in [0.05, 0.1) is 27.2 Å². The van der Waals surface area contributed by atoms with Crippen molar-refractivity contribution in [3.63, 3.8) is 0 Å². The molecule has 1 fully saturated rings. The lowest BCUT2D eigenvalue weighted by atomic mass is 9.94. The normalized spacial score (nSPS) is 23.9. The highest BCUT2D eigenvalue weighted by Crippen LogP contribution is 2.49. The van der Waals surface area contributed by atoms with Gasteiger partial charge in [0.2, 0.25) is 12.0 Å². The Kier molecular flexibility index (Phi) is 9.62. The molecule has 0 aliphatic carbocycles. The van der Waals surface area contributed by atoms with Crippen molar-refractivity contribution < 1.29 is 73.8 Å². The van der Waals surface area contributed by atoms with Crippen LogP contribution in [0.2, 0.25) is 0 Å². The highest BCUT2D eigenvalue weighted by molar-refractivity contribution is 6.03. The molecule has 250 valence electrons. The van der Waals surface area contributed by atoms with Gasteiger partial charge in [0.1, 0.15) is 47.2 Å². The number of aliphatic hydroxyl groups excluding tert-OH is 3. The molecule has 0 spiro atoms. The van der Waals surface area contributed by atoms with E-state index < -0.39 is 66.7 Å². The van der Waals surface area contributed by atoms with Gasteiger partial charge in [-0.1, -0.05) is 6.07 Å². The smallest absolute Gasteiger partial charge is 0.331 e. The number of aromatic hydroxyl groups is 4. The molecule has 2 heterocycles. The van der Waals surface area contributed by atoms with Crippen LogP contribution in [0.25, 0.3) is 6.08 Å². The molecule has 6 atom stereocenters. The van der Waals surface area contributed by atoms with Crippen molar-refractivity contribution >= 4 is 17.8 Å². The van der Waals surface area contributed by atoms with Crippen LogP contribution in [-0.4, -0.2) is 99.0 Å². The molecule has 0 bridgehead atoms. The van der Waals surface area contributed by atoms with Gasteiger partial charge in [0.15, 0.2) is 34.9 Å². The molecule has 15 heteroatoms. The number of aliphatic hydroxyl groups is 3. The number of ketones is 1. The molecule has 3 aromatic carbocycles. The van der Waals surface area contributed by atoms with E-state index in [1.54, 1.807) is 0 Å². The predicted molar refractivity (Wildman–Crippen MR) is 159 cm³/mol. The average molecular weight is 657 g/mol. The number of esters is 1. The number of phenols is 4. The molecule has 1 saturated heterocycles. The number of hydrogen-bond acceptors (Lipinski definition) is 15. The van der Waals surface area contributed by atoms with Crippen LogP contribution in [0.1, 0.15) is 34.0 Å². The van der Waals surface area contributed by atoms with E-state index in [2.05, 4.69) is 0 Å². The second kappa shape index (κ2) is 13.6. The van der Waals surface area contributed by atoms with E-state index >= 15 is 0 Å². The standard InChI is InChI=1S/C32H32O15/c1-42-22-9-14(3-6-17(22)35)4-8-25(38)47-31-29(41)27(39)24(13-33)46-32(31)45-20-7-5-15(34)10-16(20)21-11-18(36)26-23(44-21)12-19(37)30(43-2)28(26)40/h3-10,12,21,24,27,29,31-35,37,39-41H,11,13H2,1-2H3. The Hall–Kier alpha value is -5.22. The number of fused-ring (bicyclic) bond motifs is 1. The molecular formula is C32H32O15. The highest BCUT2D eigenvalue weighted by atomic mass is 16.7. The van der Waals surface area contributed by atoms with Crippen LogP contribution in [0.4, 0.5) is 0 Å². The summed E-state index contributed by atoms with van der Waals surface area (Å²) >= 11 is 0. The van der Waals surface area contributed by atoms with Gasteiger partial charge >= 0.3 is 5.97 Å². The Bertz CT molecular complexity index is 1690. The first kappa shape index (κ1) is 33.2. The number of carbonyl (C=O) groups is 2. The molecule has 0 saturated carbocycles. The quantitative estimate of drug-likeness (QED) is 0.128. The van der Waals surface area contributed by atoms with Crippen LogP contribution >= 0.6 is 0 Å². The fraction of sp³-hybridized carbons (Fsp3) is 0.312. The van der Waals surface area contributed by atoms with Crippen LogP contribution in [0, 0.1) is 0 Å². The van der Waals surface area contributed by atoms with Gasteiger partial charge in [-0.25, -0.2) is 4.79 Å². The lowest BCUT2D eigenvalue weighted by Crippen LogP contribution is -2.61. The van der Waals surface area contributed by atoms with Gasteiger partial charge in [-0.3, -0.25) is 4.79 Å². The summed E-state index contributed by atoms with van der Waals surface area (Å²) in [4.78, 5) is 26.0. The third kappa shape index (κ3) is 6.69. The van der Waals surface area contributed by atoms with Crippen molar-refractivity contribution in [2.75, 3.05) is 20.8 Å². The molecule has 2 aliphatic heterocycles. The van der Waals surface area contributed by atoms with Gasteiger partial charge in [0, 0.05) is 17.7 Å². The Morgan fingerprint density at radius 2 is 1.72 bits per heavy atom. The van der Waals surface area contributed by atoms with Crippen LogP contribution in [0.15, 0.2) is 48.5 Å². The number of hydrogen-bond donors (Lipinski definition) is 7. The SMILES string of the molecule is COc1cc(C=CC(=O)OC2C(Oc3ccc(O)cc3C3CC(=O)c4c(cc(O)c(OC)c4O)O3)OC(CO)C(O)C2O)ccc1O. The third-order valence-corrected chi connectivity index (χ3v) is 7.60. The van der Waals surface area contributed by atoms with E-state index in [4.69, 9.17) is 28.4 Å². The number of ether oxygens (including phenoxy) is 6. The van der Waals surface area contributed by atoms with Crippen LogP contribution in [0.3, 0.4) is 0 Å². The molecule has 2 aliphatic rings. The van der Waals surface area contributed by atoms with Gasteiger partial charge in [-0.15, -0.1) is 0 Å². The van der Waals surface area contributed by atoms with E-state index in [1.165, 1.54) is 56.7 Å². The summed E-state index contributed by atoms with van der Waals surface area (Å²) in [7, 11) is 2.56. The number of methoxy groups -OCH3 is 2. The summed E-state index contributed by atoms with van der Waals surface area (Å²) in [6.45, 7) is -0.739. The van der Waals surface area contributed by atoms with Crippen molar-refractivity contribution in [1.82, 2.24) is 0 Å². The number of benzene rings is 3. The Morgan fingerprint density at radius 3 is 2.43 bits per heavy atom. The maximum atomic E-state index is 13.1. The van der Waals surface area contributed by atoms with E-state index in [1.807, 2.05) is 0 Å². The zero-order valence-corrected chi connectivity index (χ0v) is 25.0. The van der Waals surface area contributed by atoms with E-state index in [9.17, 15) is 45.3 Å². The lowest BCUT2D eigenvalue weighted by Gasteiger charge is -2.41. The molecule has 6 unspecified atom stereocenters. The fourth-order valence-corrected chi connectivity index (χ4v) is 5.25. The second-order valence-electron chi connectivity index (χ2n) is 10.6. The molecular weight excluding hydrogens is 624 g/mol. The first-order chi connectivity index (χ1) is 22.4. The lowest BCUT2D eigenvalue weighted by molar-refractivity contribution is -0.281. The Morgan fingerprint density at radius 1 is 0.957 bits per heavy atom. The molecule has 0 aromatic heterocycles. The molecule has 47 heavy (non-hydrogen) atoms. The maximum Gasteiger partial charge on any atom is 0.331 e. The van der Waals surface area contributed by atoms with Gasteiger partial charge in [0.25, 0.3) is 0 Å². The molecule has 3 aromatic rings. The molecule has 15 nitrogen and oxygen atoms in total. The predicted octanol–water partition coefficient (Wildman–Crippen LogP) is 1.68. The van der Waals surface area contributed by atoms with Gasteiger partial charge in [-0.2, -0.15) is 0 Å². The molecule has 7 N–H and O–H groups in total. The number of Topliss-reactive ketones (excluding diaryl/α,β-unsaturated/α-hetero) is 1. The summed E-state index contributed by atoms with van der Waals surface area (Å²) in [5.41, 5.74) is 0.334. The monoisotopic (exact) mass is 656 g/mol. The topological polar surface area (TPSA) is 231 Å². The second-order valence-corrected chi connectivity index (χ2v) is 10.6.